The number of Topliss-reactive ketones (excluding diaryl/α,β-unsaturated/α-hetero) is 1. The topological polar surface area (TPSA) is 17.1 Å². The maximum atomic E-state index is 11.2. The highest BCUT2D eigenvalue weighted by molar-refractivity contribution is 5.78. The van der Waals surface area contributed by atoms with Gasteiger partial charge in [-0.15, -0.1) is 0 Å². The van der Waals surface area contributed by atoms with Crippen molar-refractivity contribution in [1.82, 2.24) is 0 Å². The van der Waals surface area contributed by atoms with Crippen molar-refractivity contribution >= 4 is 5.78 Å². The Balaban J connectivity index is 2.29. The first-order valence-electron chi connectivity index (χ1n) is 5.65. The Morgan fingerprint density at radius 3 is 2.54 bits per heavy atom. The van der Waals surface area contributed by atoms with Gasteiger partial charge in [0.25, 0.3) is 0 Å². The van der Waals surface area contributed by atoms with Crippen LogP contribution in [0.15, 0.2) is 0 Å². The maximum absolute atomic E-state index is 11.2. The normalized spacial score (nSPS) is 28.3. The first-order valence-corrected chi connectivity index (χ1v) is 5.65. The molecule has 1 aliphatic carbocycles. The van der Waals surface area contributed by atoms with E-state index in [1.54, 1.807) is 0 Å². The fourth-order valence-corrected chi connectivity index (χ4v) is 2.37. The summed E-state index contributed by atoms with van der Waals surface area (Å²) >= 11 is 0. The van der Waals surface area contributed by atoms with Crippen LogP contribution >= 0.6 is 0 Å². The minimum absolute atomic E-state index is 0.453. The summed E-state index contributed by atoms with van der Waals surface area (Å²) in [6, 6.07) is 0. The maximum Gasteiger partial charge on any atom is 0.132 e. The lowest BCUT2D eigenvalue weighted by Gasteiger charge is -2.13. The van der Waals surface area contributed by atoms with Crippen LogP contribution in [0.5, 0.6) is 0 Å². The molecule has 0 aromatic heterocycles. The minimum atomic E-state index is 0.453. The van der Waals surface area contributed by atoms with Crippen molar-refractivity contribution in [3.05, 3.63) is 0 Å². The van der Waals surface area contributed by atoms with Gasteiger partial charge in [-0.2, -0.15) is 0 Å². The van der Waals surface area contributed by atoms with E-state index in [0.717, 1.165) is 24.7 Å². The van der Waals surface area contributed by atoms with Gasteiger partial charge in [0, 0.05) is 12.8 Å². The highest BCUT2D eigenvalue weighted by Crippen LogP contribution is 2.37. The molecule has 1 heteroatoms. The second-order valence-electron chi connectivity index (χ2n) is 4.78. The molecular formula is C12H22O. The molecule has 0 heterocycles. The van der Waals surface area contributed by atoms with Gasteiger partial charge in [-0.25, -0.2) is 0 Å². The first kappa shape index (κ1) is 10.7. The Kier molecular flexibility index (Phi) is 3.95. The lowest BCUT2D eigenvalue weighted by atomic mass is 9.92. The van der Waals surface area contributed by atoms with E-state index in [0.29, 0.717) is 11.7 Å². The highest BCUT2D eigenvalue weighted by atomic mass is 16.1. The molecule has 13 heavy (non-hydrogen) atoms. The predicted molar refractivity (Wildman–Crippen MR) is 55.6 cm³/mol. The number of rotatable bonds is 4. The Morgan fingerprint density at radius 1 is 1.38 bits per heavy atom. The molecule has 0 radical (unpaired) electrons. The first-order chi connectivity index (χ1) is 6.13. The van der Waals surface area contributed by atoms with Crippen molar-refractivity contribution < 1.29 is 4.79 Å². The molecule has 0 amide bonds. The molecule has 1 rings (SSSR count). The molecule has 0 N–H and O–H groups in total. The van der Waals surface area contributed by atoms with E-state index in [4.69, 9.17) is 0 Å². The van der Waals surface area contributed by atoms with Crippen molar-refractivity contribution in [1.29, 1.82) is 0 Å². The van der Waals surface area contributed by atoms with E-state index in [2.05, 4.69) is 13.8 Å². The summed E-state index contributed by atoms with van der Waals surface area (Å²) in [5.41, 5.74) is 0. The largest absolute Gasteiger partial charge is 0.300 e. The van der Waals surface area contributed by atoms with Crippen LogP contribution in [0.1, 0.15) is 52.9 Å². The molecule has 1 fully saturated rings. The van der Waals surface area contributed by atoms with Gasteiger partial charge in [-0.3, -0.25) is 4.79 Å². The monoisotopic (exact) mass is 182 g/mol. The predicted octanol–water partition coefficient (Wildman–Crippen LogP) is 3.43. The lowest BCUT2D eigenvalue weighted by Crippen LogP contribution is -2.07. The van der Waals surface area contributed by atoms with E-state index in [1.165, 1.54) is 19.3 Å². The molecule has 1 saturated carbocycles. The van der Waals surface area contributed by atoms with Crippen LogP contribution < -0.4 is 0 Å². The summed E-state index contributed by atoms with van der Waals surface area (Å²) in [5, 5.41) is 0. The van der Waals surface area contributed by atoms with Gasteiger partial charge in [0.2, 0.25) is 0 Å². The van der Waals surface area contributed by atoms with E-state index in [-0.39, 0.29) is 0 Å². The Labute approximate surface area is 81.9 Å². The van der Waals surface area contributed by atoms with Gasteiger partial charge in [-0.05, 0) is 37.0 Å². The third-order valence-electron chi connectivity index (χ3n) is 3.44. The van der Waals surface area contributed by atoms with Gasteiger partial charge in [-0.1, -0.05) is 20.8 Å². The van der Waals surface area contributed by atoms with Gasteiger partial charge in [0.15, 0.2) is 0 Å². The smallest absolute Gasteiger partial charge is 0.132 e. The van der Waals surface area contributed by atoms with Crippen LogP contribution in [0.2, 0.25) is 0 Å². The molecule has 76 valence electrons. The fourth-order valence-electron chi connectivity index (χ4n) is 2.37. The fraction of sp³-hybridized carbons (Fsp3) is 0.917. The van der Waals surface area contributed by atoms with E-state index < -0.39 is 0 Å². The average Bonchev–Trinajstić information content (AvgIpc) is 2.52. The Bertz CT molecular complexity index is 172. The van der Waals surface area contributed by atoms with Gasteiger partial charge < -0.3 is 0 Å². The SMILES string of the molecule is CCC(=O)C[C@@H]1CC[C@H](C(C)C)C1. The van der Waals surface area contributed by atoms with E-state index in [9.17, 15) is 4.79 Å². The van der Waals surface area contributed by atoms with Crippen LogP contribution in [0.25, 0.3) is 0 Å². The summed E-state index contributed by atoms with van der Waals surface area (Å²) in [5.74, 6) is 2.85. The van der Waals surface area contributed by atoms with Crippen LogP contribution in [-0.2, 0) is 4.79 Å². The van der Waals surface area contributed by atoms with Crippen molar-refractivity contribution in [2.24, 2.45) is 17.8 Å². The Morgan fingerprint density at radius 2 is 2.08 bits per heavy atom. The zero-order chi connectivity index (χ0) is 9.84. The zero-order valence-electron chi connectivity index (χ0n) is 9.18. The quantitative estimate of drug-likeness (QED) is 0.651. The molecule has 0 unspecified atom stereocenters. The van der Waals surface area contributed by atoms with E-state index >= 15 is 0 Å². The summed E-state index contributed by atoms with van der Waals surface area (Å²) in [4.78, 5) is 11.2. The number of carbonyl (C=O) groups excluding carboxylic acids is 1. The Hall–Kier alpha value is -0.330. The molecule has 0 bridgehead atoms. The zero-order valence-corrected chi connectivity index (χ0v) is 9.18. The average molecular weight is 182 g/mol. The standard InChI is InChI=1S/C12H22O/c1-4-12(13)8-10-5-6-11(7-10)9(2)3/h9-11H,4-8H2,1-3H3/t10-,11+/m1/s1. The van der Waals surface area contributed by atoms with Crippen molar-refractivity contribution in [3.8, 4) is 0 Å². The van der Waals surface area contributed by atoms with Crippen molar-refractivity contribution in [2.75, 3.05) is 0 Å². The number of ketones is 1. The molecular weight excluding hydrogens is 160 g/mol. The molecule has 0 spiro atoms. The molecule has 0 aromatic rings. The van der Waals surface area contributed by atoms with Gasteiger partial charge in [0.1, 0.15) is 5.78 Å². The number of hydrogen-bond donors (Lipinski definition) is 0. The second-order valence-corrected chi connectivity index (χ2v) is 4.78. The van der Waals surface area contributed by atoms with Crippen LogP contribution in [0, 0.1) is 17.8 Å². The number of hydrogen-bond acceptors (Lipinski definition) is 1. The van der Waals surface area contributed by atoms with Crippen LogP contribution in [-0.4, -0.2) is 5.78 Å². The highest BCUT2D eigenvalue weighted by Gasteiger charge is 2.27. The molecule has 0 aliphatic heterocycles. The molecule has 1 aliphatic rings. The van der Waals surface area contributed by atoms with Gasteiger partial charge >= 0.3 is 0 Å². The van der Waals surface area contributed by atoms with Crippen molar-refractivity contribution in [3.63, 3.8) is 0 Å². The molecule has 0 aromatic carbocycles. The third kappa shape index (κ3) is 3.13. The summed E-state index contributed by atoms with van der Waals surface area (Å²) in [7, 11) is 0. The molecule has 2 atom stereocenters. The number of carbonyl (C=O) groups is 1. The molecule has 1 nitrogen and oxygen atoms in total. The van der Waals surface area contributed by atoms with Gasteiger partial charge in [0.05, 0.1) is 0 Å². The lowest BCUT2D eigenvalue weighted by molar-refractivity contribution is -0.119. The molecule has 0 saturated heterocycles. The van der Waals surface area contributed by atoms with Crippen molar-refractivity contribution in [2.45, 2.75) is 52.9 Å². The van der Waals surface area contributed by atoms with Crippen LogP contribution in [0.4, 0.5) is 0 Å². The third-order valence-corrected chi connectivity index (χ3v) is 3.44. The van der Waals surface area contributed by atoms with E-state index in [1.807, 2.05) is 6.92 Å². The van der Waals surface area contributed by atoms with Crippen LogP contribution in [0.3, 0.4) is 0 Å². The summed E-state index contributed by atoms with van der Waals surface area (Å²) in [6.07, 6.45) is 5.50. The minimum Gasteiger partial charge on any atom is -0.300 e. The second kappa shape index (κ2) is 4.78. The summed E-state index contributed by atoms with van der Waals surface area (Å²) < 4.78 is 0. The summed E-state index contributed by atoms with van der Waals surface area (Å²) in [6.45, 7) is 6.57.